The zero-order chi connectivity index (χ0) is 14.3. The van der Waals surface area contributed by atoms with E-state index in [1.807, 2.05) is 4.90 Å². The van der Waals surface area contributed by atoms with Crippen molar-refractivity contribution in [2.24, 2.45) is 5.92 Å². The van der Waals surface area contributed by atoms with Gasteiger partial charge in [0.1, 0.15) is 0 Å². The first-order valence-electron chi connectivity index (χ1n) is 6.78. The maximum absolute atomic E-state index is 12.1. The average Bonchev–Trinajstić information content (AvgIpc) is 2.36. The molecule has 19 heavy (non-hydrogen) atoms. The van der Waals surface area contributed by atoms with E-state index in [1.54, 1.807) is 4.90 Å². The first kappa shape index (κ1) is 15.9. The lowest BCUT2D eigenvalue weighted by Gasteiger charge is -2.30. The van der Waals surface area contributed by atoms with Crippen LogP contribution in [-0.4, -0.2) is 72.7 Å². The van der Waals surface area contributed by atoms with E-state index < -0.39 is 5.97 Å². The van der Waals surface area contributed by atoms with Gasteiger partial charge in [0.05, 0.1) is 26.2 Å². The van der Waals surface area contributed by atoms with Crippen molar-refractivity contribution in [3.05, 3.63) is 0 Å². The third kappa shape index (κ3) is 6.54. The molecule has 6 heteroatoms. The van der Waals surface area contributed by atoms with Crippen molar-refractivity contribution in [2.75, 3.05) is 45.9 Å². The highest BCUT2D eigenvalue weighted by Gasteiger charge is 2.20. The Bertz CT molecular complexity index is 301. The quantitative estimate of drug-likeness (QED) is 0.721. The highest BCUT2D eigenvalue weighted by atomic mass is 16.5. The molecule has 110 valence electrons. The molecule has 0 unspecified atom stereocenters. The molecule has 0 bridgehead atoms. The SMILES string of the molecule is CC(C)CN(CCC(=O)O)CC(=O)N1CCOCC1. The summed E-state index contributed by atoms with van der Waals surface area (Å²) in [5.41, 5.74) is 0. The Kier molecular flexibility index (Phi) is 6.80. The van der Waals surface area contributed by atoms with Crippen LogP contribution in [0, 0.1) is 5.92 Å². The van der Waals surface area contributed by atoms with E-state index >= 15 is 0 Å². The molecule has 1 aliphatic heterocycles. The summed E-state index contributed by atoms with van der Waals surface area (Å²) >= 11 is 0. The van der Waals surface area contributed by atoms with Crippen LogP contribution in [0.2, 0.25) is 0 Å². The van der Waals surface area contributed by atoms with Gasteiger partial charge in [-0.1, -0.05) is 13.8 Å². The lowest BCUT2D eigenvalue weighted by molar-refractivity contribution is -0.140. The van der Waals surface area contributed by atoms with Crippen LogP contribution < -0.4 is 0 Å². The average molecular weight is 272 g/mol. The van der Waals surface area contributed by atoms with Crippen LogP contribution in [0.1, 0.15) is 20.3 Å². The van der Waals surface area contributed by atoms with Crippen molar-refractivity contribution in [3.63, 3.8) is 0 Å². The molecule has 1 rings (SSSR count). The maximum atomic E-state index is 12.1. The number of carbonyl (C=O) groups is 2. The standard InChI is InChI=1S/C13H24N2O4/c1-11(2)9-14(4-3-13(17)18)10-12(16)15-5-7-19-8-6-15/h11H,3-10H2,1-2H3,(H,17,18). The number of amides is 1. The molecule has 0 aromatic carbocycles. The summed E-state index contributed by atoms with van der Waals surface area (Å²) in [7, 11) is 0. The molecule has 0 radical (unpaired) electrons. The van der Waals surface area contributed by atoms with Gasteiger partial charge in [-0.2, -0.15) is 0 Å². The smallest absolute Gasteiger partial charge is 0.304 e. The monoisotopic (exact) mass is 272 g/mol. The Morgan fingerprint density at radius 2 is 1.95 bits per heavy atom. The second-order valence-electron chi connectivity index (χ2n) is 5.27. The first-order valence-corrected chi connectivity index (χ1v) is 6.78. The number of ether oxygens (including phenoxy) is 1. The Morgan fingerprint density at radius 3 is 2.47 bits per heavy atom. The van der Waals surface area contributed by atoms with Crippen molar-refractivity contribution in [1.82, 2.24) is 9.80 Å². The summed E-state index contributed by atoms with van der Waals surface area (Å²) in [6, 6.07) is 0. The Labute approximate surface area is 114 Å². The highest BCUT2D eigenvalue weighted by Crippen LogP contribution is 2.04. The number of hydrogen-bond donors (Lipinski definition) is 1. The van der Waals surface area contributed by atoms with Crippen molar-refractivity contribution in [3.8, 4) is 0 Å². The van der Waals surface area contributed by atoms with Crippen LogP contribution in [0.15, 0.2) is 0 Å². The van der Waals surface area contributed by atoms with Gasteiger partial charge in [0.2, 0.25) is 5.91 Å². The maximum Gasteiger partial charge on any atom is 0.304 e. The molecule has 0 aromatic rings. The topological polar surface area (TPSA) is 70.1 Å². The highest BCUT2D eigenvalue weighted by molar-refractivity contribution is 5.78. The number of aliphatic carboxylic acids is 1. The van der Waals surface area contributed by atoms with Crippen LogP contribution in [0.5, 0.6) is 0 Å². The van der Waals surface area contributed by atoms with Crippen molar-refractivity contribution < 1.29 is 19.4 Å². The zero-order valence-electron chi connectivity index (χ0n) is 11.8. The minimum absolute atomic E-state index is 0.0642. The van der Waals surface area contributed by atoms with Crippen LogP contribution in [-0.2, 0) is 14.3 Å². The molecule has 0 saturated carbocycles. The Hall–Kier alpha value is -1.14. The fraction of sp³-hybridized carbons (Fsp3) is 0.846. The fourth-order valence-electron chi connectivity index (χ4n) is 2.11. The Morgan fingerprint density at radius 1 is 1.32 bits per heavy atom. The summed E-state index contributed by atoms with van der Waals surface area (Å²) in [5.74, 6) is -0.354. The Balaban J connectivity index is 2.44. The molecule has 1 amide bonds. The molecule has 0 spiro atoms. The number of hydrogen-bond acceptors (Lipinski definition) is 4. The van der Waals surface area contributed by atoms with Gasteiger partial charge in [-0.05, 0) is 5.92 Å². The van der Waals surface area contributed by atoms with E-state index in [4.69, 9.17) is 9.84 Å². The van der Waals surface area contributed by atoms with Crippen LogP contribution in [0.4, 0.5) is 0 Å². The summed E-state index contributed by atoms with van der Waals surface area (Å²) in [5, 5.41) is 8.74. The second-order valence-corrected chi connectivity index (χ2v) is 5.27. The molecule has 1 fully saturated rings. The van der Waals surface area contributed by atoms with Crippen LogP contribution in [0.3, 0.4) is 0 Å². The fourth-order valence-corrected chi connectivity index (χ4v) is 2.11. The summed E-state index contributed by atoms with van der Waals surface area (Å²) in [6.45, 7) is 8.02. The predicted octanol–water partition coefficient (Wildman–Crippen LogP) is 0.278. The van der Waals surface area contributed by atoms with Crippen LogP contribution in [0.25, 0.3) is 0 Å². The molecular formula is C13H24N2O4. The summed E-state index contributed by atoms with van der Waals surface area (Å²) < 4.78 is 5.21. The molecule has 0 aliphatic carbocycles. The third-order valence-electron chi connectivity index (χ3n) is 2.99. The number of nitrogens with zero attached hydrogens (tertiary/aromatic N) is 2. The van der Waals surface area contributed by atoms with Gasteiger partial charge in [0, 0.05) is 26.2 Å². The van der Waals surface area contributed by atoms with Gasteiger partial charge < -0.3 is 14.7 Å². The normalized spacial score (nSPS) is 16.1. The van der Waals surface area contributed by atoms with E-state index in [0.29, 0.717) is 45.3 Å². The minimum atomic E-state index is -0.826. The third-order valence-corrected chi connectivity index (χ3v) is 2.99. The number of carbonyl (C=O) groups excluding carboxylic acids is 1. The number of rotatable bonds is 7. The van der Waals surface area contributed by atoms with Crippen molar-refractivity contribution in [1.29, 1.82) is 0 Å². The lowest BCUT2D eigenvalue weighted by atomic mass is 10.2. The molecule has 6 nitrogen and oxygen atoms in total. The largest absolute Gasteiger partial charge is 0.481 e. The predicted molar refractivity (Wildman–Crippen MR) is 70.9 cm³/mol. The van der Waals surface area contributed by atoms with Gasteiger partial charge in [0.15, 0.2) is 0 Å². The minimum Gasteiger partial charge on any atom is -0.481 e. The number of carboxylic acids is 1. The summed E-state index contributed by atoms with van der Waals surface area (Å²) in [4.78, 5) is 26.5. The molecule has 1 heterocycles. The first-order chi connectivity index (χ1) is 8.99. The summed E-state index contributed by atoms with van der Waals surface area (Å²) in [6.07, 6.45) is 0.0725. The molecule has 1 aliphatic rings. The van der Waals surface area contributed by atoms with Gasteiger partial charge in [-0.3, -0.25) is 14.5 Å². The molecule has 0 atom stereocenters. The molecular weight excluding hydrogens is 248 g/mol. The van der Waals surface area contributed by atoms with Gasteiger partial charge in [-0.25, -0.2) is 0 Å². The van der Waals surface area contributed by atoms with Gasteiger partial charge in [-0.15, -0.1) is 0 Å². The van der Waals surface area contributed by atoms with Crippen molar-refractivity contribution in [2.45, 2.75) is 20.3 Å². The van der Waals surface area contributed by atoms with E-state index in [-0.39, 0.29) is 12.3 Å². The van der Waals surface area contributed by atoms with Crippen molar-refractivity contribution >= 4 is 11.9 Å². The van der Waals surface area contributed by atoms with E-state index in [9.17, 15) is 9.59 Å². The van der Waals surface area contributed by atoms with Gasteiger partial charge in [0.25, 0.3) is 0 Å². The van der Waals surface area contributed by atoms with E-state index in [2.05, 4.69) is 13.8 Å². The van der Waals surface area contributed by atoms with Gasteiger partial charge >= 0.3 is 5.97 Å². The van der Waals surface area contributed by atoms with E-state index in [0.717, 1.165) is 6.54 Å². The number of carboxylic acid groups (broad SMARTS) is 1. The zero-order valence-corrected chi connectivity index (χ0v) is 11.8. The number of morpholine rings is 1. The molecule has 1 N–H and O–H groups in total. The molecule has 1 saturated heterocycles. The second kappa shape index (κ2) is 8.12. The molecule has 0 aromatic heterocycles. The van der Waals surface area contributed by atoms with Crippen LogP contribution >= 0.6 is 0 Å². The van der Waals surface area contributed by atoms with E-state index in [1.165, 1.54) is 0 Å². The lowest BCUT2D eigenvalue weighted by Crippen LogP contribution is -2.46.